The second kappa shape index (κ2) is 9.88. The number of nitrogens with one attached hydrogen (secondary N) is 2. The smallest absolute Gasteiger partial charge is 0.224 e. The highest BCUT2D eigenvalue weighted by Gasteiger charge is 2.18. The Balaban J connectivity index is 1.76. The number of aliphatic hydroxyl groups is 1. The molecule has 0 bridgehead atoms. The number of hydrogen-bond donors (Lipinski definition) is 3. The molecule has 0 aliphatic rings. The molecule has 0 aromatic heterocycles. The van der Waals surface area contributed by atoms with Gasteiger partial charge < -0.3 is 15.7 Å². The van der Waals surface area contributed by atoms with Crippen LogP contribution in [0, 0.1) is 0 Å². The Morgan fingerprint density at radius 1 is 0.926 bits per heavy atom. The van der Waals surface area contributed by atoms with E-state index in [0.29, 0.717) is 6.42 Å². The molecule has 0 aliphatic heterocycles. The van der Waals surface area contributed by atoms with Crippen molar-refractivity contribution >= 4 is 17.5 Å². The first-order valence-corrected chi connectivity index (χ1v) is 9.22. The van der Waals surface area contributed by atoms with E-state index >= 15 is 0 Å². The van der Waals surface area contributed by atoms with Crippen molar-refractivity contribution in [2.24, 2.45) is 0 Å². The minimum Gasteiger partial charge on any atom is -0.394 e. The number of aliphatic hydroxyl groups excluding tert-OH is 1. The molecular formula is C22H28N2O3. The third-order valence-corrected chi connectivity index (χ3v) is 4.19. The van der Waals surface area contributed by atoms with Crippen LogP contribution in [0.25, 0.3) is 0 Å². The molecule has 0 saturated carbocycles. The summed E-state index contributed by atoms with van der Waals surface area (Å²) in [5.41, 5.74) is 2.17. The Kier molecular flexibility index (Phi) is 7.55. The minimum atomic E-state index is -0.634. The van der Waals surface area contributed by atoms with Crippen LogP contribution in [0.5, 0.6) is 0 Å². The van der Waals surface area contributed by atoms with E-state index < -0.39 is 5.54 Å². The Labute approximate surface area is 160 Å². The number of carbonyl (C=O) groups excluding carboxylic acids is 2. The summed E-state index contributed by atoms with van der Waals surface area (Å²) < 4.78 is 0. The zero-order valence-corrected chi connectivity index (χ0v) is 16.0. The van der Waals surface area contributed by atoms with Crippen molar-refractivity contribution in [3.63, 3.8) is 0 Å². The lowest BCUT2D eigenvalue weighted by Gasteiger charge is -2.23. The third kappa shape index (κ3) is 7.62. The molecule has 0 heterocycles. The molecule has 27 heavy (non-hydrogen) atoms. The fourth-order valence-electron chi connectivity index (χ4n) is 2.67. The summed E-state index contributed by atoms with van der Waals surface area (Å²) in [4.78, 5) is 24.0. The van der Waals surface area contributed by atoms with Crippen molar-refractivity contribution < 1.29 is 14.7 Å². The van der Waals surface area contributed by atoms with Gasteiger partial charge in [0.25, 0.3) is 0 Å². The van der Waals surface area contributed by atoms with E-state index in [-0.39, 0.29) is 24.8 Å². The Morgan fingerprint density at radius 3 is 2.22 bits per heavy atom. The van der Waals surface area contributed by atoms with Crippen LogP contribution >= 0.6 is 0 Å². The standard InChI is InChI=1S/C22H28N2O3/c1-22(2,16-25)24-21(27)15-18-11-13-19(14-12-18)23-20(26)10-6-9-17-7-4-3-5-8-17/h3-5,7-8,11-14,25H,6,9-10,15-16H2,1-2H3,(H,23,26)(H,24,27). The molecule has 0 spiro atoms. The number of benzene rings is 2. The fourth-order valence-corrected chi connectivity index (χ4v) is 2.67. The summed E-state index contributed by atoms with van der Waals surface area (Å²) in [6.45, 7) is 3.41. The van der Waals surface area contributed by atoms with Gasteiger partial charge >= 0.3 is 0 Å². The summed E-state index contributed by atoms with van der Waals surface area (Å²) in [6.07, 6.45) is 2.38. The van der Waals surface area contributed by atoms with Crippen molar-refractivity contribution in [2.75, 3.05) is 11.9 Å². The van der Waals surface area contributed by atoms with Crippen molar-refractivity contribution in [1.29, 1.82) is 0 Å². The Hall–Kier alpha value is -2.66. The first kappa shape index (κ1) is 20.6. The minimum absolute atomic E-state index is 0.0129. The first-order valence-electron chi connectivity index (χ1n) is 9.22. The average molecular weight is 368 g/mol. The third-order valence-electron chi connectivity index (χ3n) is 4.19. The van der Waals surface area contributed by atoms with Crippen molar-refractivity contribution in [3.05, 3.63) is 65.7 Å². The van der Waals surface area contributed by atoms with Crippen molar-refractivity contribution in [3.8, 4) is 0 Å². The zero-order chi connectivity index (χ0) is 19.7. The van der Waals surface area contributed by atoms with Crippen LogP contribution in [0.1, 0.15) is 37.8 Å². The highest BCUT2D eigenvalue weighted by atomic mass is 16.3. The second-order valence-corrected chi connectivity index (χ2v) is 7.35. The van der Waals surface area contributed by atoms with Gasteiger partial charge in [-0.15, -0.1) is 0 Å². The molecule has 0 saturated heterocycles. The molecular weight excluding hydrogens is 340 g/mol. The normalized spacial score (nSPS) is 11.1. The highest BCUT2D eigenvalue weighted by molar-refractivity contribution is 5.90. The van der Waals surface area contributed by atoms with Gasteiger partial charge in [0.1, 0.15) is 0 Å². The van der Waals surface area contributed by atoms with E-state index in [0.717, 1.165) is 24.1 Å². The Bertz CT molecular complexity index is 740. The van der Waals surface area contributed by atoms with Crippen LogP contribution in [0.15, 0.2) is 54.6 Å². The summed E-state index contributed by atoms with van der Waals surface area (Å²) >= 11 is 0. The van der Waals surface area contributed by atoms with E-state index in [1.165, 1.54) is 5.56 Å². The molecule has 0 atom stereocenters. The number of carbonyl (C=O) groups is 2. The molecule has 144 valence electrons. The maximum atomic E-state index is 12.1. The van der Waals surface area contributed by atoms with Gasteiger partial charge in [0.05, 0.1) is 18.6 Å². The van der Waals surface area contributed by atoms with Gasteiger partial charge in [-0.25, -0.2) is 0 Å². The highest BCUT2D eigenvalue weighted by Crippen LogP contribution is 2.12. The van der Waals surface area contributed by atoms with E-state index in [4.69, 9.17) is 0 Å². The first-order chi connectivity index (χ1) is 12.9. The lowest BCUT2D eigenvalue weighted by molar-refractivity contribution is -0.122. The molecule has 5 nitrogen and oxygen atoms in total. The number of hydrogen-bond acceptors (Lipinski definition) is 3. The molecule has 0 radical (unpaired) electrons. The van der Waals surface area contributed by atoms with Gasteiger partial charge in [-0.3, -0.25) is 9.59 Å². The van der Waals surface area contributed by atoms with Gasteiger partial charge in [0, 0.05) is 12.1 Å². The van der Waals surface area contributed by atoms with Gasteiger partial charge in [-0.05, 0) is 49.9 Å². The van der Waals surface area contributed by atoms with Crippen LogP contribution in [-0.2, 0) is 22.4 Å². The zero-order valence-electron chi connectivity index (χ0n) is 16.0. The lowest BCUT2D eigenvalue weighted by Crippen LogP contribution is -2.46. The number of amides is 2. The molecule has 2 aromatic rings. The molecule has 3 N–H and O–H groups in total. The maximum Gasteiger partial charge on any atom is 0.224 e. The van der Waals surface area contributed by atoms with E-state index in [1.807, 2.05) is 30.3 Å². The summed E-state index contributed by atoms with van der Waals surface area (Å²) in [5, 5.41) is 14.9. The molecule has 0 unspecified atom stereocenters. The number of rotatable bonds is 9. The van der Waals surface area contributed by atoms with Gasteiger partial charge in [0.15, 0.2) is 0 Å². The van der Waals surface area contributed by atoms with Gasteiger partial charge in [-0.2, -0.15) is 0 Å². The summed E-state index contributed by atoms with van der Waals surface area (Å²) in [5.74, 6) is -0.159. The average Bonchev–Trinajstić information content (AvgIpc) is 2.64. The summed E-state index contributed by atoms with van der Waals surface area (Å²) in [6, 6.07) is 17.4. The van der Waals surface area contributed by atoms with Crippen LogP contribution in [0.2, 0.25) is 0 Å². The van der Waals surface area contributed by atoms with E-state index in [9.17, 15) is 14.7 Å². The predicted molar refractivity (Wildman–Crippen MR) is 107 cm³/mol. The van der Waals surface area contributed by atoms with Crippen LogP contribution in [-0.4, -0.2) is 29.1 Å². The lowest BCUT2D eigenvalue weighted by atomic mass is 10.1. The quantitative estimate of drug-likeness (QED) is 0.636. The molecule has 2 aromatic carbocycles. The molecule has 2 amide bonds. The molecule has 0 fully saturated rings. The predicted octanol–water partition coefficient (Wildman–Crippen LogP) is 3.08. The summed E-state index contributed by atoms with van der Waals surface area (Å²) in [7, 11) is 0. The van der Waals surface area contributed by atoms with Crippen molar-refractivity contribution in [2.45, 2.75) is 45.1 Å². The SMILES string of the molecule is CC(C)(CO)NC(=O)Cc1ccc(NC(=O)CCCc2ccccc2)cc1. The maximum absolute atomic E-state index is 12.1. The van der Waals surface area contributed by atoms with Crippen molar-refractivity contribution in [1.82, 2.24) is 5.32 Å². The largest absolute Gasteiger partial charge is 0.394 e. The van der Waals surface area contributed by atoms with Gasteiger partial charge in [-0.1, -0.05) is 42.5 Å². The fraction of sp³-hybridized carbons (Fsp3) is 0.364. The molecule has 2 rings (SSSR count). The number of aryl methyl sites for hydroxylation is 1. The molecule has 5 heteroatoms. The Morgan fingerprint density at radius 2 is 1.59 bits per heavy atom. The molecule has 0 aliphatic carbocycles. The van der Waals surface area contributed by atoms with Crippen LogP contribution < -0.4 is 10.6 Å². The van der Waals surface area contributed by atoms with E-state index in [1.54, 1.807) is 26.0 Å². The van der Waals surface area contributed by atoms with Gasteiger partial charge in [0.2, 0.25) is 11.8 Å². The monoisotopic (exact) mass is 368 g/mol. The second-order valence-electron chi connectivity index (χ2n) is 7.35. The van der Waals surface area contributed by atoms with Crippen LogP contribution in [0.3, 0.4) is 0 Å². The van der Waals surface area contributed by atoms with Crippen LogP contribution in [0.4, 0.5) is 5.69 Å². The number of anilines is 1. The van der Waals surface area contributed by atoms with E-state index in [2.05, 4.69) is 22.8 Å². The topological polar surface area (TPSA) is 78.4 Å².